The maximum atomic E-state index is 15.5. The topological polar surface area (TPSA) is 77.6 Å². The molecule has 1 unspecified atom stereocenters. The van der Waals surface area contributed by atoms with E-state index in [4.69, 9.17) is 9.84 Å². The molecule has 3 aromatic rings. The van der Waals surface area contributed by atoms with Crippen LogP contribution >= 0.6 is 0 Å². The first kappa shape index (κ1) is 26.9. The van der Waals surface area contributed by atoms with E-state index < -0.39 is 43.0 Å². The Labute approximate surface area is 212 Å². The first-order valence-electron chi connectivity index (χ1n) is 12.3. The molecule has 10 heteroatoms. The molecule has 0 saturated carbocycles. The molecule has 1 aliphatic heterocycles. The minimum absolute atomic E-state index is 0.156. The van der Waals surface area contributed by atoms with Crippen molar-refractivity contribution in [2.24, 2.45) is 0 Å². The summed E-state index contributed by atoms with van der Waals surface area (Å²) in [4.78, 5) is 16.0. The van der Waals surface area contributed by atoms with Crippen LogP contribution in [0.5, 0.6) is 5.75 Å². The van der Waals surface area contributed by atoms with Crippen LogP contribution in [-0.2, 0) is 11.2 Å². The van der Waals surface area contributed by atoms with Crippen molar-refractivity contribution in [2.75, 3.05) is 32.9 Å². The third-order valence-corrected chi connectivity index (χ3v) is 6.92. The molecule has 0 radical (unpaired) electrons. The quantitative estimate of drug-likeness (QED) is 0.245. The Morgan fingerprint density at radius 3 is 2.73 bits per heavy atom. The number of hydrogen-bond donors (Lipinski definition) is 3. The molecule has 0 spiro atoms. The zero-order valence-electron chi connectivity index (χ0n) is 20.8. The molecule has 0 aliphatic carbocycles. The van der Waals surface area contributed by atoms with Gasteiger partial charge in [0.25, 0.3) is 0 Å². The van der Waals surface area contributed by atoms with Gasteiger partial charge >= 0.3 is 11.9 Å². The van der Waals surface area contributed by atoms with Crippen molar-refractivity contribution in [3.05, 3.63) is 64.6 Å². The van der Waals surface area contributed by atoms with Crippen molar-refractivity contribution in [2.45, 2.75) is 44.7 Å². The summed E-state index contributed by atoms with van der Waals surface area (Å²) in [5, 5.41) is 13.1. The third-order valence-electron chi connectivity index (χ3n) is 6.92. The lowest BCUT2D eigenvalue weighted by molar-refractivity contribution is -0.169. The van der Waals surface area contributed by atoms with Crippen LogP contribution < -0.4 is 10.1 Å². The number of aliphatic carboxylic acids is 1. The maximum absolute atomic E-state index is 15.5. The summed E-state index contributed by atoms with van der Waals surface area (Å²) in [6, 6.07) is 8.77. The Balaban J connectivity index is 1.77. The number of alkyl halides is 3. The molecular formula is C27H31F4N3O3. The van der Waals surface area contributed by atoms with Gasteiger partial charge in [0.05, 0.1) is 19.3 Å². The molecular weight excluding hydrogens is 490 g/mol. The number of hydrogen-bond acceptors (Lipinski definition) is 4. The molecule has 3 N–H and O–H groups in total. The molecule has 37 heavy (non-hydrogen) atoms. The third kappa shape index (κ3) is 5.45. The van der Waals surface area contributed by atoms with Gasteiger partial charge in [0.15, 0.2) is 0 Å². The SMILES string of the molecule is Cc1c(OCCNCCCF)ccc(F)c1C1c2[nH]c3ccccc3c2C[C@@H](C)N1CC(F)(F)C(=O)O. The number of carboxylic acids is 1. The minimum Gasteiger partial charge on any atom is -0.492 e. The number of rotatable bonds is 11. The first-order chi connectivity index (χ1) is 17.7. The van der Waals surface area contributed by atoms with Crippen LogP contribution in [0.2, 0.25) is 0 Å². The number of nitrogens with zero attached hydrogens (tertiary/aromatic N) is 1. The van der Waals surface area contributed by atoms with E-state index in [-0.39, 0.29) is 12.2 Å². The maximum Gasteiger partial charge on any atom is 0.375 e. The van der Waals surface area contributed by atoms with Crippen LogP contribution in [0.25, 0.3) is 10.9 Å². The van der Waals surface area contributed by atoms with Gasteiger partial charge in [-0.25, -0.2) is 9.18 Å². The Kier molecular flexibility index (Phi) is 8.08. The summed E-state index contributed by atoms with van der Waals surface area (Å²) in [7, 11) is 0. The molecule has 2 atom stereocenters. The highest BCUT2D eigenvalue weighted by atomic mass is 19.3. The molecule has 2 aromatic carbocycles. The predicted octanol–water partition coefficient (Wildman–Crippen LogP) is 5.00. The number of aromatic nitrogens is 1. The van der Waals surface area contributed by atoms with Gasteiger partial charge in [-0.15, -0.1) is 0 Å². The fourth-order valence-corrected chi connectivity index (χ4v) is 5.08. The second-order valence-electron chi connectivity index (χ2n) is 9.43. The molecule has 0 bridgehead atoms. The number of benzene rings is 2. The molecule has 1 aromatic heterocycles. The minimum atomic E-state index is -4.03. The van der Waals surface area contributed by atoms with Gasteiger partial charge < -0.3 is 20.1 Å². The average Bonchev–Trinajstić information content (AvgIpc) is 3.22. The van der Waals surface area contributed by atoms with E-state index in [1.807, 2.05) is 24.3 Å². The van der Waals surface area contributed by atoms with Crippen molar-refractivity contribution in [1.29, 1.82) is 0 Å². The van der Waals surface area contributed by atoms with Crippen LogP contribution in [0.1, 0.15) is 41.8 Å². The average molecular weight is 522 g/mol. The zero-order valence-corrected chi connectivity index (χ0v) is 20.8. The van der Waals surface area contributed by atoms with E-state index in [0.717, 1.165) is 16.5 Å². The number of fused-ring (bicyclic) bond motifs is 3. The zero-order chi connectivity index (χ0) is 26.7. The molecule has 0 amide bonds. The van der Waals surface area contributed by atoms with Gasteiger partial charge in [-0.05, 0) is 62.6 Å². The lowest BCUT2D eigenvalue weighted by Gasteiger charge is -2.42. The predicted molar refractivity (Wildman–Crippen MR) is 133 cm³/mol. The van der Waals surface area contributed by atoms with Crippen LogP contribution in [0.4, 0.5) is 17.6 Å². The highest BCUT2D eigenvalue weighted by Gasteiger charge is 2.47. The van der Waals surface area contributed by atoms with Crippen molar-refractivity contribution in [3.8, 4) is 5.75 Å². The van der Waals surface area contributed by atoms with Crippen LogP contribution in [0.15, 0.2) is 36.4 Å². The number of halogens is 4. The van der Waals surface area contributed by atoms with Crippen molar-refractivity contribution in [3.63, 3.8) is 0 Å². The Morgan fingerprint density at radius 1 is 1.24 bits per heavy atom. The highest BCUT2D eigenvalue weighted by Crippen LogP contribution is 2.44. The van der Waals surface area contributed by atoms with E-state index in [9.17, 15) is 18.0 Å². The Hall–Kier alpha value is -3.11. The molecule has 1 aliphatic rings. The number of carbonyl (C=O) groups is 1. The summed E-state index contributed by atoms with van der Waals surface area (Å²) < 4.78 is 62.8. The molecule has 2 heterocycles. The van der Waals surface area contributed by atoms with Gasteiger partial charge in [-0.3, -0.25) is 9.29 Å². The van der Waals surface area contributed by atoms with Gasteiger partial charge in [-0.1, -0.05) is 18.2 Å². The van der Waals surface area contributed by atoms with Crippen LogP contribution in [0.3, 0.4) is 0 Å². The standard InChI is InChI=1S/C27H31F4N3O3/c1-16-14-19-18-6-3-4-7-21(18)33-24(19)25(34(16)15-27(30,31)26(35)36)23-17(2)22(9-8-20(23)29)37-13-12-32-11-5-10-28/h3-4,6-9,16,25,32-33H,5,10-15H2,1-2H3,(H,35,36)/t16-,25?/m1/s1. The summed E-state index contributed by atoms with van der Waals surface area (Å²) >= 11 is 0. The monoisotopic (exact) mass is 521 g/mol. The summed E-state index contributed by atoms with van der Waals surface area (Å²) in [5.74, 6) is -6.46. The summed E-state index contributed by atoms with van der Waals surface area (Å²) in [6.45, 7) is 3.12. The number of carboxylic acid groups (broad SMARTS) is 1. The van der Waals surface area contributed by atoms with Crippen LogP contribution in [0, 0.1) is 12.7 Å². The second kappa shape index (κ2) is 11.1. The highest BCUT2D eigenvalue weighted by molar-refractivity contribution is 5.85. The van der Waals surface area contributed by atoms with Gasteiger partial charge in [0, 0.05) is 34.7 Å². The number of nitrogens with one attached hydrogen (secondary N) is 2. The lowest BCUT2D eigenvalue weighted by atomic mass is 9.86. The Bertz CT molecular complexity index is 1260. The van der Waals surface area contributed by atoms with E-state index >= 15 is 4.39 Å². The molecule has 4 rings (SSSR count). The molecule has 0 saturated heterocycles. The van der Waals surface area contributed by atoms with Crippen molar-refractivity contribution >= 4 is 16.9 Å². The van der Waals surface area contributed by atoms with E-state index in [0.29, 0.717) is 42.9 Å². The molecule has 200 valence electrons. The van der Waals surface area contributed by atoms with Gasteiger partial charge in [0.1, 0.15) is 18.2 Å². The number of para-hydroxylation sites is 1. The lowest BCUT2D eigenvalue weighted by Crippen LogP contribution is -2.50. The smallest absolute Gasteiger partial charge is 0.375 e. The fraction of sp³-hybridized carbons (Fsp3) is 0.444. The molecule has 0 fully saturated rings. The second-order valence-corrected chi connectivity index (χ2v) is 9.43. The summed E-state index contributed by atoms with van der Waals surface area (Å²) in [6.07, 6.45) is 0.788. The summed E-state index contributed by atoms with van der Waals surface area (Å²) in [5.41, 5.74) is 2.85. The normalized spacial score (nSPS) is 18.2. The van der Waals surface area contributed by atoms with E-state index in [1.54, 1.807) is 13.8 Å². The van der Waals surface area contributed by atoms with Gasteiger partial charge in [-0.2, -0.15) is 8.78 Å². The fourth-order valence-electron chi connectivity index (χ4n) is 5.08. The van der Waals surface area contributed by atoms with E-state index in [1.165, 1.54) is 17.0 Å². The number of aromatic amines is 1. The first-order valence-corrected chi connectivity index (χ1v) is 12.3. The number of H-pyrrole nitrogens is 1. The van der Waals surface area contributed by atoms with E-state index in [2.05, 4.69) is 10.3 Å². The van der Waals surface area contributed by atoms with Crippen molar-refractivity contribution < 1.29 is 32.2 Å². The van der Waals surface area contributed by atoms with Crippen LogP contribution in [-0.4, -0.2) is 65.8 Å². The Morgan fingerprint density at radius 2 is 2.00 bits per heavy atom. The van der Waals surface area contributed by atoms with Crippen molar-refractivity contribution in [1.82, 2.24) is 15.2 Å². The largest absolute Gasteiger partial charge is 0.492 e. The molecule has 6 nitrogen and oxygen atoms in total. The number of ether oxygens (including phenoxy) is 1. The van der Waals surface area contributed by atoms with Gasteiger partial charge in [0.2, 0.25) is 0 Å².